The number of aliphatic hydroxyl groups is 11. The lowest BCUT2D eigenvalue weighted by atomic mass is 9.96. The van der Waals surface area contributed by atoms with Crippen LogP contribution in [-0.2, 0) is 33.2 Å². The fourth-order valence-electron chi connectivity index (χ4n) is 11.0. The van der Waals surface area contributed by atoms with Crippen LogP contribution in [0.2, 0.25) is 0 Å². The van der Waals surface area contributed by atoms with E-state index in [0.717, 1.165) is 64.2 Å². The number of nitrogens with one attached hydrogen (secondary N) is 1. The zero-order valence-corrected chi connectivity index (χ0v) is 53.0. The molecule has 0 spiro atoms. The lowest BCUT2D eigenvalue weighted by Gasteiger charge is -2.48. The fraction of sp³-hybridized carbons (Fsp3) is 0.809. The van der Waals surface area contributed by atoms with Crippen molar-refractivity contribution in [2.45, 2.75) is 324 Å². The first-order chi connectivity index (χ1) is 42.3. The molecular weight excluding hydrogens is 1120 g/mol. The highest BCUT2D eigenvalue weighted by Crippen LogP contribution is 2.33. The zero-order chi connectivity index (χ0) is 63.3. The van der Waals surface area contributed by atoms with Crippen LogP contribution in [0, 0.1) is 0 Å². The molecule has 3 saturated heterocycles. The van der Waals surface area contributed by atoms with Gasteiger partial charge in [0.05, 0.1) is 38.6 Å². The molecule has 0 radical (unpaired) electrons. The van der Waals surface area contributed by atoms with E-state index >= 15 is 0 Å². The van der Waals surface area contributed by atoms with Gasteiger partial charge in [0.1, 0.15) is 73.2 Å². The molecule has 3 aliphatic rings. The third-order valence-electron chi connectivity index (χ3n) is 16.5. The average Bonchev–Trinajstić information content (AvgIpc) is 1.69. The Morgan fingerprint density at radius 1 is 0.425 bits per heavy atom. The topological polar surface area (TPSA) is 307 Å². The fourth-order valence-corrected chi connectivity index (χ4v) is 11.0. The highest BCUT2D eigenvalue weighted by atomic mass is 16.8. The molecule has 504 valence electrons. The van der Waals surface area contributed by atoms with Gasteiger partial charge in [0.15, 0.2) is 18.9 Å². The van der Waals surface area contributed by atoms with Crippen molar-refractivity contribution >= 4 is 5.91 Å². The molecule has 0 aromatic heterocycles. The van der Waals surface area contributed by atoms with Gasteiger partial charge >= 0.3 is 0 Å². The van der Waals surface area contributed by atoms with Gasteiger partial charge in [0.25, 0.3) is 0 Å². The van der Waals surface area contributed by atoms with Gasteiger partial charge < -0.3 is 89.9 Å². The summed E-state index contributed by atoms with van der Waals surface area (Å²) < 4.78 is 34.3. The maximum absolute atomic E-state index is 13.4. The predicted octanol–water partition coefficient (Wildman–Crippen LogP) is 8.16. The number of hydrogen-bond donors (Lipinski definition) is 12. The van der Waals surface area contributed by atoms with E-state index in [1.807, 2.05) is 6.08 Å². The molecule has 3 fully saturated rings. The minimum atomic E-state index is -1.98. The third kappa shape index (κ3) is 32.4. The van der Waals surface area contributed by atoms with Gasteiger partial charge in [-0.2, -0.15) is 0 Å². The first-order valence-corrected chi connectivity index (χ1v) is 33.7. The summed E-state index contributed by atoms with van der Waals surface area (Å²) in [6.07, 6.45) is 34.6. The van der Waals surface area contributed by atoms with E-state index in [9.17, 15) is 61.0 Å². The van der Waals surface area contributed by atoms with E-state index in [2.05, 4.69) is 79.9 Å². The molecule has 3 aliphatic heterocycles. The second-order valence-corrected chi connectivity index (χ2v) is 23.9. The molecule has 0 saturated carbocycles. The van der Waals surface area contributed by atoms with E-state index in [0.29, 0.717) is 12.8 Å². The van der Waals surface area contributed by atoms with Gasteiger partial charge in [0, 0.05) is 6.42 Å². The van der Waals surface area contributed by atoms with E-state index in [1.54, 1.807) is 6.08 Å². The van der Waals surface area contributed by atoms with Crippen LogP contribution < -0.4 is 5.32 Å². The monoisotopic (exact) mass is 1240 g/mol. The predicted molar refractivity (Wildman–Crippen MR) is 337 cm³/mol. The summed E-state index contributed by atoms with van der Waals surface area (Å²) in [5.74, 6) is -0.288. The molecule has 0 aliphatic carbocycles. The highest BCUT2D eigenvalue weighted by Gasteiger charge is 2.53. The summed E-state index contributed by atoms with van der Waals surface area (Å²) in [6, 6.07) is -0.991. The Labute approximate surface area is 521 Å². The molecular formula is C68H119NO18. The number of allylic oxidation sites excluding steroid dienone is 11. The quantitative estimate of drug-likeness (QED) is 0.0202. The zero-order valence-electron chi connectivity index (χ0n) is 53.0. The van der Waals surface area contributed by atoms with E-state index in [-0.39, 0.29) is 18.9 Å². The Hall–Kier alpha value is -2.77. The lowest BCUT2D eigenvalue weighted by Crippen LogP contribution is -2.66. The molecule has 17 atom stereocenters. The van der Waals surface area contributed by atoms with Gasteiger partial charge in [-0.3, -0.25) is 4.79 Å². The number of unbranched alkanes of at least 4 members (excludes halogenated alkanes) is 24. The summed E-state index contributed by atoms with van der Waals surface area (Å²) in [7, 11) is 0. The molecule has 3 heterocycles. The number of ether oxygens (including phenoxy) is 6. The summed E-state index contributed by atoms with van der Waals surface area (Å²) >= 11 is 0. The summed E-state index contributed by atoms with van der Waals surface area (Å²) in [5.41, 5.74) is 0. The van der Waals surface area contributed by atoms with Crippen LogP contribution in [0.4, 0.5) is 0 Å². The molecule has 0 bridgehead atoms. The van der Waals surface area contributed by atoms with Crippen LogP contribution in [0.1, 0.15) is 219 Å². The second kappa shape index (κ2) is 49.9. The molecule has 0 aromatic rings. The molecule has 19 nitrogen and oxygen atoms in total. The van der Waals surface area contributed by atoms with Crippen molar-refractivity contribution in [3.05, 3.63) is 72.9 Å². The minimum Gasteiger partial charge on any atom is -0.394 e. The molecule has 12 N–H and O–H groups in total. The number of carbonyl (C=O) groups excluding carboxylic acids is 1. The summed E-state index contributed by atoms with van der Waals surface area (Å²) in [5, 5.41) is 120. The highest BCUT2D eigenvalue weighted by molar-refractivity contribution is 5.76. The molecule has 19 heteroatoms. The molecule has 1 amide bonds. The average molecular weight is 1240 g/mol. The molecule has 3 rings (SSSR count). The number of carbonyl (C=O) groups is 1. The minimum absolute atomic E-state index is 0.233. The standard InChI is InChI=1S/C68H119NO18/c1-3-5-7-9-11-13-15-17-18-19-20-21-22-23-24-25-26-27-28-29-30-31-32-34-36-38-40-42-44-46-56(74)69-51(52(73)45-43-41-39-37-35-33-16-14-12-10-8-6-4-2)50-82-66-62(80)59(77)64(54(48-71)84-66)87-68-63(81)60(78)65(55(49-72)85-68)86-67-61(79)58(76)57(75)53(47-70)83-67/h5,7,11,13,17-18,20-21,35,37,43,45,51-55,57-68,70-73,75-81H,3-4,6,8-10,12,14-16,19,22-34,36,38-42,44,46-50H2,1-2H3,(H,69,74)/b7-5-,13-11-,18-17-,21-20-,37-35+,45-43+. The normalized spacial score (nSPS) is 29.0. The van der Waals surface area contributed by atoms with Crippen LogP contribution >= 0.6 is 0 Å². The van der Waals surface area contributed by atoms with Gasteiger partial charge in [-0.1, -0.05) is 215 Å². The van der Waals surface area contributed by atoms with Gasteiger partial charge in [-0.05, 0) is 70.6 Å². The number of aliphatic hydroxyl groups excluding tert-OH is 11. The maximum Gasteiger partial charge on any atom is 0.220 e. The number of amides is 1. The van der Waals surface area contributed by atoms with E-state index in [1.165, 1.54) is 122 Å². The van der Waals surface area contributed by atoms with Gasteiger partial charge in [-0.15, -0.1) is 0 Å². The Kier molecular flexibility index (Phi) is 45.0. The Balaban J connectivity index is 1.40. The first kappa shape index (κ1) is 78.5. The Morgan fingerprint density at radius 2 is 0.805 bits per heavy atom. The molecule has 87 heavy (non-hydrogen) atoms. The summed E-state index contributed by atoms with van der Waals surface area (Å²) in [4.78, 5) is 13.4. The van der Waals surface area contributed by atoms with Crippen molar-refractivity contribution in [1.82, 2.24) is 5.32 Å². The van der Waals surface area contributed by atoms with Crippen molar-refractivity contribution < 1.29 is 89.4 Å². The van der Waals surface area contributed by atoms with Crippen LogP contribution in [0.3, 0.4) is 0 Å². The van der Waals surface area contributed by atoms with Crippen molar-refractivity contribution in [2.24, 2.45) is 0 Å². The lowest BCUT2D eigenvalue weighted by molar-refractivity contribution is -0.379. The third-order valence-corrected chi connectivity index (χ3v) is 16.5. The van der Waals surface area contributed by atoms with Crippen LogP contribution in [0.15, 0.2) is 72.9 Å². The van der Waals surface area contributed by atoms with Crippen molar-refractivity contribution in [3.63, 3.8) is 0 Å². The number of rotatable bonds is 50. The first-order valence-electron chi connectivity index (χ1n) is 33.7. The van der Waals surface area contributed by atoms with Crippen LogP contribution in [0.5, 0.6) is 0 Å². The Morgan fingerprint density at radius 3 is 1.29 bits per heavy atom. The van der Waals surface area contributed by atoms with E-state index < -0.39 is 124 Å². The molecule has 0 aromatic carbocycles. The molecule has 17 unspecified atom stereocenters. The van der Waals surface area contributed by atoms with E-state index in [4.69, 9.17) is 28.4 Å². The van der Waals surface area contributed by atoms with Crippen molar-refractivity contribution in [3.8, 4) is 0 Å². The summed E-state index contributed by atoms with van der Waals surface area (Å²) in [6.45, 7) is 1.58. The smallest absolute Gasteiger partial charge is 0.220 e. The van der Waals surface area contributed by atoms with Crippen molar-refractivity contribution in [2.75, 3.05) is 26.4 Å². The van der Waals surface area contributed by atoms with Crippen LogP contribution in [0.25, 0.3) is 0 Å². The van der Waals surface area contributed by atoms with Gasteiger partial charge in [-0.25, -0.2) is 0 Å². The van der Waals surface area contributed by atoms with Gasteiger partial charge in [0.2, 0.25) is 5.91 Å². The number of hydrogen-bond acceptors (Lipinski definition) is 18. The SMILES string of the molecule is CC/C=C\C/C=C\C/C=C\C/C=C\CCCCCCCCCCCCCCCCCCC(=O)NC(COC1OC(CO)C(OC2OC(CO)C(OC3OC(CO)C(O)C(O)C3O)C(O)C2O)C(O)C1O)C(O)/C=C/CC/C=C/CCCCCCCCC. The maximum atomic E-state index is 13.4. The Bertz CT molecular complexity index is 1860. The second-order valence-electron chi connectivity index (χ2n) is 23.9. The largest absolute Gasteiger partial charge is 0.394 e. The van der Waals surface area contributed by atoms with Crippen molar-refractivity contribution in [1.29, 1.82) is 0 Å². The van der Waals surface area contributed by atoms with Crippen LogP contribution in [-0.4, -0.2) is 193 Å².